The topological polar surface area (TPSA) is 50.8 Å². The zero-order valence-corrected chi connectivity index (χ0v) is 29.5. The van der Waals surface area contributed by atoms with Gasteiger partial charge in [0.05, 0.1) is 12.5 Å². The number of unbranched alkanes of at least 4 members (excludes halogenated alkanes) is 11. The van der Waals surface area contributed by atoms with Gasteiger partial charge in [-0.25, -0.2) is 0 Å². The minimum absolute atomic E-state index is 0. The summed E-state index contributed by atoms with van der Waals surface area (Å²) in [6, 6.07) is 14.0. The van der Waals surface area contributed by atoms with E-state index in [-0.39, 0.29) is 34.9 Å². The van der Waals surface area contributed by atoms with Crippen LogP contribution in [0.3, 0.4) is 0 Å². The van der Waals surface area contributed by atoms with Gasteiger partial charge in [0.1, 0.15) is 0 Å². The van der Waals surface area contributed by atoms with E-state index in [4.69, 9.17) is 9.47 Å². The molecule has 2 aromatic carbocycles. The van der Waals surface area contributed by atoms with Crippen molar-refractivity contribution in [3.8, 4) is 11.5 Å². The SMILES string of the molecule is Br.CCCCCCCCCCCCCCOc1c(OCC(=O)Nc2ccc(CN3C=CSC3)cc2)cccc1C(C)(C)C. The van der Waals surface area contributed by atoms with Crippen LogP contribution < -0.4 is 14.8 Å². The maximum absolute atomic E-state index is 12.7. The largest absolute Gasteiger partial charge is 0.489 e. The van der Waals surface area contributed by atoms with Crippen molar-refractivity contribution in [1.29, 1.82) is 0 Å². The van der Waals surface area contributed by atoms with Crippen LogP contribution in [0.2, 0.25) is 0 Å². The zero-order chi connectivity index (χ0) is 30.0. The molecule has 7 heteroatoms. The molecule has 0 unspecified atom stereocenters. The Morgan fingerprint density at radius 2 is 1.49 bits per heavy atom. The van der Waals surface area contributed by atoms with Gasteiger partial charge in [0.2, 0.25) is 0 Å². The lowest BCUT2D eigenvalue weighted by molar-refractivity contribution is -0.118. The fraction of sp³-hybridized carbons (Fsp3) is 0.583. The Kier molecular flexibility index (Phi) is 17.9. The molecule has 5 nitrogen and oxygen atoms in total. The number of amides is 1. The smallest absolute Gasteiger partial charge is 0.262 e. The average molecular weight is 676 g/mol. The van der Waals surface area contributed by atoms with Gasteiger partial charge in [-0.1, -0.05) is 123 Å². The monoisotopic (exact) mass is 674 g/mol. The van der Waals surface area contributed by atoms with Crippen LogP contribution in [-0.2, 0) is 16.8 Å². The number of thioether (sulfide) groups is 1. The summed E-state index contributed by atoms with van der Waals surface area (Å²) < 4.78 is 12.4. The Labute approximate surface area is 276 Å². The Bertz CT molecular complexity index is 1080. The first-order valence-electron chi connectivity index (χ1n) is 16.2. The average Bonchev–Trinajstić information content (AvgIpc) is 3.48. The third-order valence-electron chi connectivity index (χ3n) is 7.62. The van der Waals surface area contributed by atoms with Gasteiger partial charge in [0.25, 0.3) is 5.91 Å². The normalized spacial score (nSPS) is 12.7. The molecule has 3 rings (SSSR count). The number of ether oxygens (including phenoxy) is 2. The highest BCUT2D eigenvalue weighted by molar-refractivity contribution is 8.93. The molecular weight excluding hydrogens is 620 g/mol. The summed E-state index contributed by atoms with van der Waals surface area (Å²) in [7, 11) is 0. The number of hydrogen-bond acceptors (Lipinski definition) is 5. The molecule has 43 heavy (non-hydrogen) atoms. The van der Waals surface area contributed by atoms with Gasteiger partial charge < -0.3 is 19.7 Å². The summed E-state index contributed by atoms with van der Waals surface area (Å²) in [5.41, 5.74) is 2.98. The van der Waals surface area contributed by atoms with Crippen LogP contribution in [0.5, 0.6) is 11.5 Å². The fourth-order valence-electron chi connectivity index (χ4n) is 5.16. The lowest BCUT2D eigenvalue weighted by Gasteiger charge is -2.24. The molecule has 0 spiro atoms. The summed E-state index contributed by atoms with van der Waals surface area (Å²) in [5, 5.41) is 5.07. The number of nitrogens with one attached hydrogen (secondary N) is 1. The highest BCUT2D eigenvalue weighted by Gasteiger charge is 2.22. The van der Waals surface area contributed by atoms with Crippen molar-refractivity contribution in [3.63, 3.8) is 0 Å². The standard InChI is InChI=1S/C36H54N2O3S.BrH/c1-5-6-7-8-9-10-11-12-13-14-15-16-25-40-35-32(36(2,3)4)18-17-19-33(35)41-28-34(39)37-31-22-20-30(21-23-31)27-38-24-26-42-29-38;/h17-24,26H,5-16,25,27-29H2,1-4H3,(H,37,39);1H. The summed E-state index contributed by atoms with van der Waals surface area (Å²) in [5.74, 6) is 2.19. The molecule has 1 aliphatic heterocycles. The molecule has 0 fully saturated rings. The van der Waals surface area contributed by atoms with E-state index in [1.165, 1.54) is 76.2 Å². The van der Waals surface area contributed by atoms with Crippen molar-refractivity contribution >= 4 is 40.3 Å². The molecule has 1 aliphatic rings. The van der Waals surface area contributed by atoms with Crippen molar-refractivity contribution in [2.45, 2.75) is 117 Å². The van der Waals surface area contributed by atoms with E-state index >= 15 is 0 Å². The summed E-state index contributed by atoms with van der Waals surface area (Å²) in [4.78, 5) is 15.0. The van der Waals surface area contributed by atoms with Crippen molar-refractivity contribution < 1.29 is 14.3 Å². The van der Waals surface area contributed by atoms with Crippen LogP contribution in [0.4, 0.5) is 5.69 Å². The number of nitrogens with zero attached hydrogens (tertiary/aromatic N) is 1. The number of carbonyl (C=O) groups excluding carboxylic acids is 1. The number of carbonyl (C=O) groups is 1. The van der Waals surface area contributed by atoms with E-state index in [9.17, 15) is 4.79 Å². The first-order chi connectivity index (χ1) is 20.4. The van der Waals surface area contributed by atoms with Gasteiger partial charge in [-0.2, -0.15) is 0 Å². The Morgan fingerprint density at radius 1 is 0.860 bits per heavy atom. The first-order valence-corrected chi connectivity index (χ1v) is 17.2. The van der Waals surface area contributed by atoms with Gasteiger partial charge in [0.15, 0.2) is 18.1 Å². The molecule has 0 radical (unpaired) electrons. The quantitative estimate of drug-likeness (QED) is 0.142. The Morgan fingerprint density at radius 3 is 2.07 bits per heavy atom. The maximum Gasteiger partial charge on any atom is 0.262 e. The van der Waals surface area contributed by atoms with Crippen LogP contribution >= 0.6 is 28.7 Å². The van der Waals surface area contributed by atoms with Crippen LogP contribution in [0.1, 0.15) is 116 Å². The van der Waals surface area contributed by atoms with Crippen LogP contribution in [0.15, 0.2) is 54.1 Å². The number of anilines is 1. The lowest BCUT2D eigenvalue weighted by atomic mass is 9.86. The number of para-hydroxylation sites is 1. The predicted octanol–water partition coefficient (Wildman–Crippen LogP) is 10.6. The molecule has 0 aromatic heterocycles. The number of benzene rings is 2. The predicted molar refractivity (Wildman–Crippen MR) is 190 cm³/mol. The summed E-state index contributed by atoms with van der Waals surface area (Å²) >= 11 is 1.80. The molecule has 1 heterocycles. The minimum atomic E-state index is -0.185. The van der Waals surface area contributed by atoms with Gasteiger partial charge in [-0.3, -0.25) is 4.79 Å². The van der Waals surface area contributed by atoms with Crippen molar-refractivity contribution in [2.24, 2.45) is 0 Å². The van der Waals surface area contributed by atoms with E-state index in [1.54, 1.807) is 11.8 Å². The second kappa shape index (κ2) is 20.8. The third kappa shape index (κ3) is 14.5. The molecule has 0 aliphatic carbocycles. The summed E-state index contributed by atoms with van der Waals surface area (Å²) in [6.45, 7) is 10.3. The molecule has 0 atom stereocenters. The molecule has 240 valence electrons. The molecular formula is C36H55BrN2O3S. The van der Waals surface area contributed by atoms with E-state index in [0.29, 0.717) is 12.4 Å². The van der Waals surface area contributed by atoms with Crippen LogP contribution in [0, 0.1) is 0 Å². The minimum Gasteiger partial charge on any atom is -0.489 e. The van der Waals surface area contributed by atoms with E-state index in [0.717, 1.165) is 35.8 Å². The van der Waals surface area contributed by atoms with Crippen molar-refractivity contribution in [2.75, 3.05) is 24.4 Å². The Hall–Kier alpha value is -2.12. The molecule has 1 N–H and O–H groups in total. The molecule has 0 saturated carbocycles. The van der Waals surface area contributed by atoms with E-state index in [2.05, 4.69) is 67.7 Å². The van der Waals surface area contributed by atoms with E-state index < -0.39 is 0 Å². The second-order valence-electron chi connectivity index (χ2n) is 12.5. The zero-order valence-electron chi connectivity index (χ0n) is 27.0. The van der Waals surface area contributed by atoms with Gasteiger partial charge in [-0.15, -0.1) is 28.7 Å². The van der Waals surface area contributed by atoms with Crippen LogP contribution in [0.25, 0.3) is 0 Å². The maximum atomic E-state index is 12.7. The highest BCUT2D eigenvalue weighted by atomic mass is 79.9. The summed E-state index contributed by atoms with van der Waals surface area (Å²) in [6.07, 6.45) is 17.9. The van der Waals surface area contributed by atoms with Gasteiger partial charge >= 0.3 is 0 Å². The molecule has 0 bridgehead atoms. The van der Waals surface area contributed by atoms with Gasteiger partial charge in [0, 0.05) is 24.0 Å². The van der Waals surface area contributed by atoms with Crippen molar-refractivity contribution in [1.82, 2.24) is 4.90 Å². The molecule has 2 aromatic rings. The highest BCUT2D eigenvalue weighted by Crippen LogP contribution is 2.38. The molecule has 1 amide bonds. The fourth-order valence-corrected chi connectivity index (χ4v) is 5.88. The second-order valence-corrected chi connectivity index (χ2v) is 13.3. The lowest BCUT2D eigenvalue weighted by Crippen LogP contribution is -2.21. The number of halogens is 1. The third-order valence-corrected chi connectivity index (χ3v) is 8.42. The number of hydrogen-bond donors (Lipinski definition) is 1. The number of rotatable bonds is 20. The van der Waals surface area contributed by atoms with Gasteiger partial charge in [-0.05, 0) is 41.0 Å². The van der Waals surface area contributed by atoms with Crippen LogP contribution in [-0.4, -0.2) is 29.9 Å². The Balaban J connectivity index is 0.00000645. The first kappa shape index (κ1) is 37.1. The molecule has 0 saturated heterocycles. The van der Waals surface area contributed by atoms with Crippen molar-refractivity contribution in [3.05, 3.63) is 65.2 Å². The van der Waals surface area contributed by atoms with E-state index in [1.807, 2.05) is 24.3 Å².